The molecular formula is C9H14NO+. The average molecular weight is 152 g/mol. The lowest BCUT2D eigenvalue weighted by Gasteiger charge is -2.01. The fourth-order valence-corrected chi connectivity index (χ4v) is 1.12. The van der Waals surface area contributed by atoms with E-state index in [4.69, 9.17) is 0 Å². The Bertz CT molecular complexity index is 236. The van der Waals surface area contributed by atoms with E-state index in [1.165, 1.54) is 0 Å². The van der Waals surface area contributed by atoms with Crippen LogP contribution >= 0.6 is 0 Å². The highest BCUT2D eigenvalue weighted by Crippen LogP contribution is 2.08. The van der Waals surface area contributed by atoms with E-state index in [2.05, 4.69) is 0 Å². The molecule has 0 amide bonds. The van der Waals surface area contributed by atoms with Gasteiger partial charge in [0.25, 0.3) is 0 Å². The van der Waals surface area contributed by atoms with Gasteiger partial charge in [-0.1, -0.05) is 13.8 Å². The van der Waals surface area contributed by atoms with Crippen molar-refractivity contribution >= 4 is 12.0 Å². The van der Waals surface area contributed by atoms with Gasteiger partial charge in [-0.2, -0.15) is 0 Å². The van der Waals surface area contributed by atoms with Gasteiger partial charge >= 0.3 is 0 Å². The van der Waals surface area contributed by atoms with Crippen LogP contribution in [-0.4, -0.2) is 30.2 Å². The number of Topliss-reactive ketones (excluding diaryl/α,β-unsaturated/α-hetero) is 1. The first-order valence-corrected chi connectivity index (χ1v) is 3.89. The van der Waals surface area contributed by atoms with Crippen molar-refractivity contribution in [3.05, 3.63) is 11.6 Å². The van der Waals surface area contributed by atoms with Crippen LogP contribution in [-0.2, 0) is 4.79 Å². The molecular weight excluding hydrogens is 138 g/mol. The minimum Gasteiger partial charge on any atom is -0.294 e. The lowest BCUT2D eigenvalue weighted by atomic mass is 10.0. The van der Waals surface area contributed by atoms with Gasteiger partial charge in [-0.15, -0.1) is 0 Å². The summed E-state index contributed by atoms with van der Waals surface area (Å²) in [5.41, 5.74) is 0.933. The van der Waals surface area contributed by atoms with E-state index in [1.807, 2.05) is 37.8 Å². The number of ketones is 1. The molecule has 0 N–H and O–H groups in total. The van der Waals surface area contributed by atoms with E-state index in [-0.39, 0.29) is 11.7 Å². The maximum Gasteiger partial charge on any atom is 0.171 e. The standard InChI is InChI=1S/C9H14NO/c1-7(2)9(11)8-4-5-10(3)6-8/h4-5,7H,6H2,1-3H3/q+1. The van der Waals surface area contributed by atoms with Crippen LogP contribution in [0.3, 0.4) is 0 Å². The second-order valence-corrected chi connectivity index (χ2v) is 3.28. The predicted molar refractivity (Wildman–Crippen MR) is 45.0 cm³/mol. The molecule has 0 aromatic rings. The highest BCUT2D eigenvalue weighted by atomic mass is 16.1. The minimum atomic E-state index is 0.126. The Hall–Kier alpha value is -0.920. The molecule has 0 atom stereocenters. The topological polar surface area (TPSA) is 20.1 Å². The number of rotatable bonds is 2. The summed E-state index contributed by atoms with van der Waals surface area (Å²) in [6, 6.07) is 0. The van der Waals surface area contributed by atoms with Crippen molar-refractivity contribution in [1.82, 2.24) is 0 Å². The Morgan fingerprint density at radius 2 is 2.27 bits per heavy atom. The number of nitrogens with zero attached hydrogens (tertiary/aromatic N) is 1. The van der Waals surface area contributed by atoms with Gasteiger partial charge < -0.3 is 0 Å². The monoisotopic (exact) mass is 152 g/mol. The molecule has 2 heteroatoms. The van der Waals surface area contributed by atoms with Gasteiger partial charge in [-0.3, -0.25) is 4.79 Å². The molecule has 60 valence electrons. The maximum atomic E-state index is 11.4. The molecule has 0 aromatic heterocycles. The van der Waals surface area contributed by atoms with Gasteiger partial charge in [-0.25, -0.2) is 4.58 Å². The van der Waals surface area contributed by atoms with Crippen LogP contribution in [0.15, 0.2) is 11.6 Å². The first-order valence-electron chi connectivity index (χ1n) is 3.89. The fraction of sp³-hybridized carbons (Fsp3) is 0.556. The number of hydrogen-bond acceptors (Lipinski definition) is 1. The Kier molecular flexibility index (Phi) is 2.22. The zero-order valence-electron chi connectivity index (χ0n) is 7.29. The molecule has 1 rings (SSSR count). The summed E-state index contributed by atoms with van der Waals surface area (Å²) in [6.45, 7) is 4.64. The molecule has 0 aliphatic carbocycles. The first-order chi connectivity index (χ1) is 5.11. The molecule has 1 aliphatic rings. The molecule has 0 fully saturated rings. The smallest absolute Gasteiger partial charge is 0.171 e. The summed E-state index contributed by atoms with van der Waals surface area (Å²) in [4.78, 5) is 11.4. The van der Waals surface area contributed by atoms with Crippen molar-refractivity contribution in [3.8, 4) is 0 Å². The van der Waals surface area contributed by atoms with Crippen LogP contribution < -0.4 is 0 Å². The van der Waals surface area contributed by atoms with Gasteiger partial charge in [0.15, 0.2) is 18.5 Å². The van der Waals surface area contributed by atoms with Crippen LogP contribution in [0, 0.1) is 5.92 Å². The number of hydrogen-bond donors (Lipinski definition) is 0. The summed E-state index contributed by atoms with van der Waals surface area (Å²) in [5.74, 6) is 0.395. The van der Waals surface area contributed by atoms with E-state index in [9.17, 15) is 4.79 Å². The Labute approximate surface area is 67.2 Å². The SMILES string of the molecule is CC(C)C(=O)C1=CC=[N+](C)C1. The molecule has 0 radical (unpaired) electrons. The summed E-state index contributed by atoms with van der Waals surface area (Å²) in [5, 5.41) is 0. The molecule has 0 spiro atoms. The third kappa shape index (κ3) is 1.76. The third-order valence-corrected chi connectivity index (χ3v) is 1.79. The largest absolute Gasteiger partial charge is 0.294 e. The second-order valence-electron chi connectivity index (χ2n) is 3.28. The second kappa shape index (κ2) is 2.99. The lowest BCUT2D eigenvalue weighted by molar-refractivity contribution is -0.478. The summed E-state index contributed by atoms with van der Waals surface area (Å²) in [7, 11) is 1.97. The molecule has 11 heavy (non-hydrogen) atoms. The van der Waals surface area contributed by atoms with Crippen LogP contribution in [0.5, 0.6) is 0 Å². The van der Waals surface area contributed by atoms with Gasteiger partial charge in [0.2, 0.25) is 0 Å². The lowest BCUT2D eigenvalue weighted by Crippen LogP contribution is -2.15. The molecule has 0 saturated heterocycles. The van der Waals surface area contributed by atoms with E-state index in [0.29, 0.717) is 0 Å². The molecule has 0 unspecified atom stereocenters. The molecule has 0 bridgehead atoms. The van der Waals surface area contributed by atoms with Crippen LogP contribution in [0.4, 0.5) is 0 Å². The van der Waals surface area contributed by atoms with Crippen molar-refractivity contribution in [3.63, 3.8) is 0 Å². The van der Waals surface area contributed by atoms with Gasteiger partial charge in [0, 0.05) is 12.0 Å². The van der Waals surface area contributed by atoms with E-state index in [0.717, 1.165) is 12.1 Å². The average Bonchev–Trinajstić information content (AvgIpc) is 2.34. The third-order valence-electron chi connectivity index (χ3n) is 1.79. The number of allylic oxidation sites excluding steroid dienone is 1. The minimum absolute atomic E-state index is 0.126. The predicted octanol–water partition coefficient (Wildman–Crippen LogP) is 0.865. The zero-order valence-corrected chi connectivity index (χ0v) is 7.29. The zero-order chi connectivity index (χ0) is 8.43. The van der Waals surface area contributed by atoms with Crippen LogP contribution in [0.25, 0.3) is 0 Å². The van der Waals surface area contributed by atoms with E-state index >= 15 is 0 Å². The molecule has 0 aromatic carbocycles. The number of likely N-dealkylation sites (N-methyl/N-ethyl adjacent to an activating group) is 1. The number of carbonyl (C=O) groups is 1. The molecule has 0 saturated carbocycles. The van der Waals surface area contributed by atoms with Crippen molar-refractivity contribution < 1.29 is 9.37 Å². The highest BCUT2D eigenvalue weighted by molar-refractivity contribution is 6.00. The van der Waals surface area contributed by atoms with Crippen LogP contribution in [0.1, 0.15) is 13.8 Å². The highest BCUT2D eigenvalue weighted by Gasteiger charge is 2.19. The van der Waals surface area contributed by atoms with E-state index < -0.39 is 0 Å². The summed E-state index contributed by atoms with van der Waals surface area (Å²) < 4.78 is 2.01. The fourth-order valence-electron chi connectivity index (χ4n) is 1.12. The molecule has 1 aliphatic heterocycles. The first kappa shape index (κ1) is 8.18. The van der Waals surface area contributed by atoms with Crippen LogP contribution in [0.2, 0.25) is 0 Å². The Morgan fingerprint density at radius 3 is 2.64 bits per heavy atom. The molecule has 1 heterocycles. The maximum absolute atomic E-state index is 11.4. The van der Waals surface area contributed by atoms with Gasteiger partial charge in [0.1, 0.15) is 7.05 Å². The van der Waals surface area contributed by atoms with Gasteiger partial charge in [0.05, 0.1) is 5.57 Å². The van der Waals surface area contributed by atoms with Crippen molar-refractivity contribution in [2.24, 2.45) is 5.92 Å². The number of carbonyl (C=O) groups excluding carboxylic acids is 1. The van der Waals surface area contributed by atoms with Crippen molar-refractivity contribution in [2.45, 2.75) is 13.8 Å². The van der Waals surface area contributed by atoms with E-state index in [1.54, 1.807) is 0 Å². The Balaban J connectivity index is 2.61. The van der Waals surface area contributed by atoms with Crippen molar-refractivity contribution in [2.75, 3.05) is 13.6 Å². The summed E-state index contributed by atoms with van der Waals surface area (Å²) >= 11 is 0. The quantitative estimate of drug-likeness (QED) is 0.537. The Morgan fingerprint density at radius 1 is 1.64 bits per heavy atom. The normalized spacial score (nSPS) is 16.7. The summed E-state index contributed by atoms with van der Waals surface area (Å²) in [6.07, 6.45) is 3.85. The van der Waals surface area contributed by atoms with Gasteiger partial charge in [-0.05, 0) is 0 Å². The molecule has 2 nitrogen and oxygen atoms in total. The van der Waals surface area contributed by atoms with Crippen molar-refractivity contribution in [1.29, 1.82) is 0 Å².